The van der Waals surface area contributed by atoms with Crippen molar-refractivity contribution in [2.75, 3.05) is 27.2 Å². The molecular formula is C23H26ClFN4OS. The second-order valence-electron chi connectivity index (χ2n) is 7.59. The van der Waals surface area contributed by atoms with Crippen LogP contribution in [0.4, 0.5) is 4.39 Å². The summed E-state index contributed by atoms with van der Waals surface area (Å²) in [5, 5.41) is 6.21. The number of amides is 1. The minimum atomic E-state index is -0.255. The minimum absolute atomic E-state index is 0.163. The van der Waals surface area contributed by atoms with Gasteiger partial charge in [-0.1, -0.05) is 35.9 Å². The zero-order chi connectivity index (χ0) is 22.2. The molecule has 1 amide bonds. The van der Waals surface area contributed by atoms with Crippen molar-refractivity contribution in [2.45, 2.75) is 19.6 Å². The molecule has 0 aliphatic carbocycles. The van der Waals surface area contributed by atoms with E-state index in [0.29, 0.717) is 36.9 Å². The van der Waals surface area contributed by atoms with Crippen LogP contribution in [0, 0.1) is 5.82 Å². The predicted octanol–water partition coefficient (Wildman–Crippen LogP) is 4.43. The zero-order valence-electron chi connectivity index (χ0n) is 17.6. The van der Waals surface area contributed by atoms with E-state index in [2.05, 4.69) is 15.2 Å². The van der Waals surface area contributed by atoms with Gasteiger partial charge in [-0.15, -0.1) is 11.3 Å². The fourth-order valence-corrected chi connectivity index (χ4v) is 4.10. The first-order chi connectivity index (χ1) is 14.9. The van der Waals surface area contributed by atoms with Crippen LogP contribution < -0.4 is 5.32 Å². The Labute approximate surface area is 191 Å². The van der Waals surface area contributed by atoms with Gasteiger partial charge in [0.15, 0.2) is 0 Å². The highest BCUT2D eigenvalue weighted by atomic mass is 35.5. The molecule has 164 valence electrons. The topological polar surface area (TPSA) is 48.5 Å². The van der Waals surface area contributed by atoms with E-state index in [1.807, 2.05) is 43.3 Å². The first-order valence-electron chi connectivity index (χ1n) is 9.97. The predicted molar refractivity (Wildman–Crippen MR) is 124 cm³/mol. The summed E-state index contributed by atoms with van der Waals surface area (Å²) in [5.41, 5.74) is 2.51. The van der Waals surface area contributed by atoms with Crippen LogP contribution in [0.3, 0.4) is 0 Å². The standard InChI is InChI=1S/C23H26ClFN4OS/c1-28(2)11-10-26-23(30)21-16-31-22(27-21)15-29(13-17-6-8-20(25)9-7-17)14-18-4-3-5-19(24)12-18/h3-9,12,16H,10-11,13-15H2,1-2H3,(H,26,30). The summed E-state index contributed by atoms with van der Waals surface area (Å²) in [6.07, 6.45) is 0. The molecule has 31 heavy (non-hydrogen) atoms. The summed E-state index contributed by atoms with van der Waals surface area (Å²) in [6, 6.07) is 14.2. The molecule has 0 bridgehead atoms. The summed E-state index contributed by atoms with van der Waals surface area (Å²) < 4.78 is 13.3. The van der Waals surface area contributed by atoms with Crippen molar-refractivity contribution in [3.05, 3.63) is 86.6 Å². The molecule has 1 aromatic heterocycles. The summed E-state index contributed by atoms with van der Waals surface area (Å²) >= 11 is 7.61. The van der Waals surface area contributed by atoms with E-state index >= 15 is 0 Å². The maximum atomic E-state index is 13.3. The maximum absolute atomic E-state index is 13.3. The molecule has 3 aromatic rings. The van der Waals surface area contributed by atoms with E-state index < -0.39 is 0 Å². The Morgan fingerprint density at radius 3 is 2.55 bits per heavy atom. The molecule has 2 aromatic carbocycles. The molecule has 5 nitrogen and oxygen atoms in total. The van der Waals surface area contributed by atoms with Gasteiger partial charge in [0.05, 0.1) is 6.54 Å². The van der Waals surface area contributed by atoms with Gasteiger partial charge < -0.3 is 10.2 Å². The van der Waals surface area contributed by atoms with Crippen molar-refractivity contribution in [3.63, 3.8) is 0 Å². The van der Waals surface area contributed by atoms with Gasteiger partial charge in [0.1, 0.15) is 16.5 Å². The lowest BCUT2D eigenvalue weighted by atomic mass is 10.1. The molecule has 0 atom stereocenters. The van der Waals surface area contributed by atoms with Gasteiger partial charge in [-0.05, 0) is 49.5 Å². The normalized spacial score (nSPS) is 11.3. The van der Waals surface area contributed by atoms with Crippen LogP contribution in [0.25, 0.3) is 0 Å². The van der Waals surface area contributed by atoms with E-state index in [1.165, 1.54) is 23.5 Å². The van der Waals surface area contributed by atoms with E-state index in [-0.39, 0.29) is 11.7 Å². The molecule has 0 saturated heterocycles. The van der Waals surface area contributed by atoms with Crippen molar-refractivity contribution in [1.82, 2.24) is 20.1 Å². The van der Waals surface area contributed by atoms with Crippen LogP contribution >= 0.6 is 22.9 Å². The number of nitrogens with one attached hydrogen (secondary N) is 1. The first kappa shape index (κ1) is 23.3. The highest BCUT2D eigenvalue weighted by Crippen LogP contribution is 2.19. The second-order valence-corrected chi connectivity index (χ2v) is 8.97. The van der Waals surface area contributed by atoms with Crippen LogP contribution in [-0.4, -0.2) is 47.9 Å². The van der Waals surface area contributed by atoms with Gasteiger partial charge in [-0.2, -0.15) is 0 Å². The van der Waals surface area contributed by atoms with Gasteiger partial charge in [0.25, 0.3) is 5.91 Å². The van der Waals surface area contributed by atoms with Crippen LogP contribution in [0.5, 0.6) is 0 Å². The molecule has 0 radical (unpaired) electrons. The van der Waals surface area contributed by atoms with Gasteiger partial charge >= 0.3 is 0 Å². The molecule has 1 heterocycles. The SMILES string of the molecule is CN(C)CCNC(=O)c1csc(CN(Cc2ccc(F)cc2)Cc2cccc(Cl)c2)n1. The van der Waals surface area contributed by atoms with Gasteiger partial charge in [0.2, 0.25) is 0 Å². The Morgan fingerprint density at radius 1 is 1.10 bits per heavy atom. The number of carbonyl (C=O) groups is 1. The fraction of sp³-hybridized carbons (Fsp3) is 0.304. The van der Waals surface area contributed by atoms with Gasteiger partial charge in [-0.25, -0.2) is 9.37 Å². The average molecular weight is 461 g/mol. The monoisotopic (exact) mass is 460 g/mol. The molecule has 0 fully saturated rings. The lowest BCUT2D eigenvalue weighted by Gasteiger charge is -2.21. The number of rotatable bonds is 10. The fourth-order valence-electron chi connectivity index (χ4n) is 3.07. The summed E-state index contributed by atoms with van der Waals surface area (Å²) in [4.78, 5) is 21.1. The van der Waals surface area contributed by atoms with Crippen molar-refractivity contribution in [3.8, 4) is 0 Å². The maximum Gasteiger partial charge on any atom is 0.270 e. The third kappa shape index (κ3) is 7.70. The van der Waals surface area contributed by atoms with Crippen molar-refractivity contribution in [1.29, 1.82) is 0 Å². The molecule has 8 heteroatoms. The Balaban J connectivity index is 1.69. The van der Waals surface area contributed by atoms with E-state index in [4.69, 9.17) is 11.6 Å². The summed E-state index contributed by atoms with van der Waals surface area (Å²) in [7, 11) is 3.92. The number of likely N-dealkylation sites (N-methyl/N-ethyl adjacent to an activating group) is 1. The highest BCUT2D eigenvalue weighted by molar-refractivity contribution is 7.09. The van der Waals surface area contributed by atoms with Crippen molar-refractivity contribution < 1.29 is 9.18 Å². The van der Waals surface area contributed by atoms with E-state index in [9.17, 15) is 9.18 Å². The molecule has 0 unspecified atom stereocenters. The highest BCUT2D eigenvalue weighted by Gasteiger charge is 2.15. The van der Waals surface area contributed by atoms with Crippen LogP contribution in [0.2, 0.25) is 5.02 Å². The molecule has 0 saturated carbocycles. The number of aromatic nitrogens is 1. The first-order valence-corrected chi connectivity index (χ1v) is 11.2. The lowest BCUT2D eigenvalue weighted by Crippen LogP contribution is -2.31. The summed E-state index contributed by atoms with van der Waals surface area (Å²) in [5.74, 6) is -0.417. The van der Waals surface area contributed by atoms with Crippen molar-refractivity contribution in [2.24, 2.45) is 0 Å². The Morgan fingerprint density at radius 2 is 1.84 bits per heavy atom. The second kappa shape index (κ2) is 11.3. The molecule has 0 aliphatic rings. The molecule has 3 rings (SSSR count). The number of nitrogens with zero attached hydrogens (tertiary/aromatic N) is 3. The Bertz CT molecular complexity index is 993. The molecule has 0 spiro atoms. The minimum Gasteiger partial charge on any atom is -0.349 e. The molecule has 1 N–H and O–H groups in total. The number of thiazole rings is 1. The average Bonchev–Trinajstić information content (AvgIpc) is 3.18. The van der Waals surface area contributed by atoms with Crippen LogP contribution in [0.15, 0.2) is 53.9 Å². The third-order valence-corrected chi connectivity index (χ3v) is 5.67. The van der Waals surface area contributed by atoms with E-state index in [1.54, 1.807) is 17.5 Å². The zero-order valence-corrected chi connectivity index (χ0v) is 19.2. The molecular weight excluding hydrogens is 435 g/mol. The quantitative estimate of drug-likeness (QED) is 0.486. The Kier molecular flexibility index (Phi) is 8.54. The lowest BCUT2D eigenvalue weighted by molar-refractivity contribution is 0.0946. The van der Waals surface area contributed by atoms with Crippen LogP contribution in [0.1, 0.15) is 26.6 Å². The van der Waals surface area contributed by atoms with Crippen LogP contribution in [-0.2, 0) is 19.6 Å². The largest absolute Gasteiger partial charge is 0.349 e. The molecule has 0 aliphatic heterocycles. The number of carbonyl (C=O) groups excluding carboxylic acids is 1. The van der Waals surface area contributed by atoms with Gasteiger partial charge in [0, 0.05) is 36.6 Å². The number of hydrogen-bond donors (Lipinski definition) is 1. The van der Waals surface area contributed by atoms with Gasteiger partial charge in [-0.3, -0.25) is 9.69 Å². The van der Waals surface area contributed by atoms with Crippen molar-refractivity contribution >= 4 is 28.8 Å². The number of benzene rings is 2. The smallest absolute Gasteiger partial charge is 0.270 e. The number of hydrogen-bond acceptors (Lipinski definition) is 5. The summed E-state index contributed by atoms with van der Waals surface area (Å²) in [6.45, 7) is 3.19. The third-order valence-electron chi connectivity index (χ3n) is 4.60. The number of halogens is 2. The Hall–Kier alpha value is -2.32. The van der Waals surface area contributed by atoms with E-state index in [0.717, 1.165) is 22.7 Å².